The number of rotatable bonds is 9. The van der Waals surface area contributed by atoms with Crippen LogP contribution in [0.3, 0.4) is 0 Å². The van der Waals surface area contributed by atoms with Crippen molar-refractivity contribution < 1.29 is 4.79 Å². The third kappa shape index (κ3) is 5.22. The van der Waals surface area contributed by atoms with Gasteiger partial charge in [-0.25, -0.2) is 0 Å². The third-order valence-corrected chi connectivity index (χ3v) is 8.81. The van der Waals surface area contributed by atoms with Crippen molar-refractivity contribution in [3.8, 4) is 0 Å². The van der Waals surface area contributed by atoms with Crippen molar-refractivity contribution >= 4 is 63.7 Å². The number of hydrogen-bond donors (Lipinski definition) is 0. The molecule has 0 spiro atoms. The second-order valence-electron chi connectivity index (χ2n) is 7.68. The Kier molecular flexibility index (Phi) is 6.92. The molecule has 0 radical (unpaired) electrons. The van der Waals surface area contributed by atoms with Crippen molar-refractivity contribution in [2.24, 2.45) is 0 Å². The van der Waals surface area contributed by atoms with E-state index in [-0.39, 0.29) is 5.91 Å². The molecule has 1 aromatic carbocycles. The molecule has 0 saturated carbocycles. The zero-order valence-corrected chi connectivity index (χ0v) is 21.1. The Hall–Kier alpha value is -2.45. The summed E-state index contributed by atoms with van der Waals surface area (Å²) in [7, 11) is 0. The molecule has 7 heteroatoms. The summed E-state index contributed by atoms with van der Waals surface area (Å²) < 4.78 is 0. The zero-order chi connectivity index (χ0) is 22.6. The number of carbonyl (C=O) groups excluding carboxylic acids is 1. The van der Waals surface area contributed by atoms with Gasteiger partial charge in [0.15, 0.2) is 5.11 Å². The van der Waals surface area contributed by atoms with Crippen LogP contribution in [-0.2, 0) is 17.6 Å². The second-order valence-corrected chi connectivity index (χ2v) is 11.3. The first-order valence-corrected chi connectivity index (χ1v) is 13.7. The molecule has 1 saturated heterocycles. The van der Waals surface area contributed by atoms with Gasteiger partial charge in [-0.15, -0.1) is 22.7 Å². The third-order valence-electron chi connectivity index (χ3n) is 5.48. The zero-order valence-electron chi connectivity index (χ0n) is 17.8. The molecule has 33 heavy (non-hydrogen) atoms. The van der Waals surface area contributed by atoms with E-state index < -0.39 is 0 Å². The molecule has 3 aromatic rings. The Bertz CT molecular complexity index is 1220. The van der Waals surface area contributed by atoms with Crippen molar-refractivity contribution in [2.45, 2.75) is 17.7 Å². The Balaban J connectivity index is 1.36. The normalized spacial score (nSPS) is 16.6. The Labute approximate surface area is 211 Å². The first-order chi connectivity index (χ1) is 16.2. The summed E-state index contributed by atoms with van der Waals surface area (Å²) in [6, 6.07) is 16.7. The van der Waals surface area contributed by atoms with Gasteiger partial charge < -0.3 is 4.90 Å². The van der Waals surface area contributed by atoms with Crippen LogP contribution >= 0.6 is 46.7 Å². The molecule has 0 N–H and O–H groups in total. The molecule has 2 aliphatic rings. The van der Waals surface area contributed by atoms with E-state index in [0.717, 1.165) is 18.4 Å². The molecule has 0 unspecified atom stereocenters. The van der Waals surface area contributed by atoms with Gasteiger partial charge in [-0.1, -0.05) is 42.1 Å². The smallest absolute Gasteiger partial charge is 0.276 e. The lowest BCUT2D eigenvalue weighted by Crippen LogP contribution is -2.34. The van der Waals surface area contributed by atoms with Gasteiger partial charge in [0.05, 0.1) is 0 Å². The second kappa shape index (κ2) is 10.2. The minimum atomic E-state index is -0.00838. The van der Waals surface area contributed by atoms with Crippen molar-refractivity contribution in [3.63, 3.8) is 0 Å². The van der Waals surface area contributed by atoms with E-state index in [4.69, 9.17) is 12.2 Å². The van der Waals surface area contributed by atoms with E-state index in [2.05, 4.69) is 65.4 Å². The summed E-state index contributed by atoms with van der Waals surface area (Å²) in [6.07, 6.45) is 9.91. The van der Waals surface area contributed by atoms with Crippen LogP contribution in [0.4, 0.5) is 0 Å². The highest BCUT2D eigenvalue weighted by atomic mass is 32.2. The molecule has 0 atom stereocenters. The van der Waals surface area contributed by atoms with Gasteiger partial charge in [0.25, 0.3) is 5.91 Å². The van der Waals surface area contributed by atoms with Crippen LogP contribution in [0.5, 0.6) is 0 Å². The lowest BCUT2D eigenvalue weighted by Gasteiger charge is -2.20. The van der Waals surface area contributed by atoms with Crippen LogP contribution in [0, 0.1) is 0 Å². The fourth-order valence-corrected chi connectivity index (χ4v) is 6.26. The van der Waals surface area contributed by atoms with E-state index >= 15 is 0 Å². The number of benzene rings is 1. The van der Waals surface area contributed by atoms with E-state index in [9.17, 15) is 4.79 Å². The van der Waals surface area contributed by atoms with Gasteiger partial charge >= 0.3 is 0 Å². The minimum Gasteiger partial charge on any atom is -0.313 e. The van der Waals surface area contributed by atoms with E-state index in [1.54, 1.807) is 39.3 Å². The van der Waals surface area contributed by atoms with Gasteiger partial charge in [0.2, 0.25) is 0 Å². The molecule has 5 rings (SSSR count). The summed E-state index contributed by atoms with van der Waals surface area (Å²) in [4.78, 5) is 22.2. The number of nitrogens with zero attached hydrogens (tertiary/aromatic N) is 2. The average molecular weight is 507 g/mol. The molecule has 166 valence electrons. The lowest BCUT2D eigenvalue weighted by molar-refractivity contribution is -0.122. The maximum atomic E-state index is 13.4. The molecule has 2 aromatic heterocycles. The number of allylic oxidation sites excluding steroid dienone is 3. The van der Waals surface area contributed by atoms with Crippen molar-refractivity contribution in [1.29, 1.82) is 0 Å². The van der Waals surface area contributed by atoms with Gasteiger partial charge in [0.1, 0.15) is 5.70 Å². The highest BCUT2D eigenvalue weighted by molar-refractivity contribution is 8.03. The fraction of sp³-hybridized carbons (Fsp3) is 0.154. The van der Waals surface area contributed by atoms with E-state index in [1.807, 2.05) is 23.1 Å². The maximum Gasteiger partial charge on any atom is 0.276 e. The molecule has 1 aliphatic heterocycles. The van der Waals surface area contributed by atoms with Gasteiger partial charge in [-0.05, 0) is 83.9 Å². The fourth-order valence-electron chi connectivity index (χ4n) is 3.66. The lowest BCUT2D eigenvalue weighted by atomic mass is 10.2. The van der Waals surface area contributed by atoms with Crippen molar-refractivity contribution in [3.05, 3.63) is 103 Å². The number of amides is 1. The van der Waals surface area contributed by atoms with Gasteiger partial charge in [-0.3, -0.25) is 9.69 Å². The minimum absolute atomic E-state index is 0.00838. The number of carbonyl (C=O) groups is 1. The summed E-state index contributed by atoms with van der Waals surface area (Å²) in [5.74, 6) is -0.00838. The highest BCUT2D eigenvalue weighted by Gasteiger charge is 2.37. The van der Waals surface area contributed by atoms with Crippen molar-refractivity contribution in [2.75, 3.05) is 13.1 Å². The molecule has 0 bridgehead atoms. The first kappa shape index (κ1) is 22.3. The van der Waals surface area contributed by atoms with E-state index in [1.165, 1.54) is 19.6 Å². The number of thiocarbonyl (C=S) groups is 1. The summed E-state index contributed by atoms with van der Waals surface area (Å²) in [5, 5.41) is 4.76. The Morgan fingerprint density at radius 1 is 0.909 bits per heavy atom. The largest absolute Gasteiger partial charge is 0.313 e. The topological polar surface area (TPSA) is 23.6 Å². The predicted octanol–water partition coefficient (Wildman–Crippen LogP) is 6.61. The Morgan fingerprint density at radius 2 is 1.55 bits per heavy atom. The standard InChI is InChI=1S/C26H22N2OS4/c29-25-24(18-19-8-10-23(11-9-19)33-22-4-1-5-22)27(14-12-20-6-2-16-31-20)26(30)28(25)15-13-21-7-3-17-32-21/h1-11,16-18H,12-15H2/b24-18+. The van der Waals surface area contributed by atoms with E-state index in [0.29, 0.717) is 23.9 Å². The highest BCUT2D eigenvalue weighted by Crippen LogP contribution is 2.32. The summed E-state index contributed by atoms with van der Waals surface area (Å²) >= 11 is 11.0. The molecule has 3 heterocycles. The van der Waals surface area contributed by atoms with Crippen molar-refractivity contribution in [1.82, 2.24) is 9.80 Å². The first-order valence-electron chi connectivity index (χ1n) is 10.7. The monoisotopic (exact) mass is 506 g/mol. The molecule has 3 nitrogen and oxygen atoms in total. The summed E-state index contributed by atoms with van der Waals surface area (Å²) in [5.41, 5.74) is 1.66. The number of thioether (sulfide) groups is 1. The quantitative estimate of drug-likeness (QED) is 0.241. The number of hydrogen-bond acceptors (Lipinski definition) is 5. The van der Waals surface area contributed by atoms with Crippen LogP contribution < -0.4 is 0 Å². The van der Waals surface area contributed by atoms with Crippen LogP contribution in [-0.4, -0.2) is 33.9 Å². The van der Waals surface area contributed by atoms with Gasteiger partial charge in [-0.2, -0.15) is 0 Å². The van der Waals surface area contributed by atoms with Crippen LogP contribution in [0.25, 0.3) is 6.08 Å². The predicted molar refractivity (Wildman–Crippen MR) is 145 cm³/mol. The molecular formula is C26H22N2OS4. The van der Waals surface area contributed by atoms with Crippen LogP contribution in [0.1, 0.15) is 15.3 Å². The molecule has 1 amide bonds. The number of thiophene rings is 2. The van der Waals surface area contributed by atoms with Crippen LogP contribution in [0.2, 0.25) is 0 Å². The average Bonchev–Trinajstić information content (AvgIpc) is 3.54. The SMILES string of the molecule is O=C1/C(=C\c2ccc(SC3=CC=C3)cc2)N(CCc2cccs2)C(=S)N1CCc1cccs1. The molecule has 1 fully saturated rings. The van der Waals surface area contributed by atoms with Crippen LogP contribution in [0.15, 0.2) is 93.0 Å². The molecule has 1 aliphatic carbocycles. The summed E-state index contributed by atoms with van der Waals surface area (Å²) in [6.45, 7) is 1.30. The maximum absolute atomic E-state index is 13.4. The van der Waals surface area contributed by atoms with Gasteiger partial charge in [0, 0.05) is 32.6 Å². The molecular weight excluding hydrogens is 485 g/mol. The Morgan fingerprint density at radius 3 is 2.09 bits per heavy atom.